The van der Waals surface area contributed by atoms with Crippen molar-refractivity contribution in [2.75, 3.05) is 7.11 Å². The molecule has 0 N–H and O–H groups in total. The van der Waals surface area contributed by atoms with E-state index in [-0.39, 0.29) is 11.7 Å². The predicted octanol–water partition coefficient (Wildman–Crippen LogP) is 3.28. The first-order chi connectivity index (χ1) is 11.5. The van der Waals surface area contributed by atoms with Crippen LogP contribution in [0.2, 0.25) is 0 Å². The van der Waals surface area contributed by atoms with Gasteiger partial charge in [-0.25, -0.2) is 14.0 Å². The number of aromatic nitrogens is 3. The first-order valence-corrected chi connectivity index (χ1v) is 8.32. The highest BCUT2D eigenvalue weighted by molar-refractivity contribution is 14.1. The van der Waals surface area contributed by atoms with Crippen molar-refractivity contribution in [3.05, 3.63) is 62.1 Å². The quantitative estimate of drug-likeness (QED) is 0.588. The number of halogens is 1. The minimum Gasteiger partial charge on any atom is -0.467 e. The molecule has 2 aromatic carbocycles. The molecule has 0 aliphatic heterocycles. The summed E-state index contributed by atoms with van der Waals surface area (Å²) in [7, 11) is 3.07. The largest absolute Gasteiger partial charge is 0.467 e. The smallest absolute Gasteiger partial charge is 0.353 e. The van der Waals surface area contributed by atoms with Crippen molar-refractivity contribution in [2.45, 2.75) is 6.92 Å². The van der Waals surface area contributed by atoms with Crippen LogP contribution in [-0.4, -0.2) is 21.5 Å². The van der Waals surface area contributed by atoms with Gasteiger partial charge in [-0.15, -0.1) is 5.10 Å². The van der Waals surface area contributed by atoms with Gasteiger partial charge in [0.25, 0.3) is 0 Å². The number of benzene rings is 2. The molecule has 0 saturated carbocycles. The van der Waals surface area contributed by atoms with Gasteiger partial charge >= 0.3 is 11.7 Å². The van der Waals surface area contributed by atoms with E-state index >= 15 is 0 Å². The molecule has 0 aliphatic carbocycles. The molecule has 0 saturated heterocycles. The number of hydrogen-bond donors (Lipinski definition) is 0. The average molecular weight is 437 g/mol. The third kappa shape index (κ3) is 3.03. The lowest BCUT2D eigenvalue weighted by atomic mass is 10.2. The number of hydrogen-bond acceptors (Lipinski definition) is 4. The van der Waals surface area contributed by atoms with Crippen molar-refractivity contribution in [3.8, 4) is 23.2 Å². The molecular weight excluding hydrogens is 421 g/mol. The van der Waals surface area contributed by atoms with E-state index in [2.05, 4.69) is 27.7 Å². The van der Waals surface area contributed by atoms with E-state index in [1.54, 1.807) is 7.05 Å². The Morgan fingerprint density at radius 2 is 1.92 bits per heavy atom. The maximum atomic E-state index is 12.5. The third-order valence-electron chi connectivity index (χ3n) is 3.53. The Hall–Kier alpha value is -2.29. The zero-order chi connectivity index (χ0) is 17.3. The van der Waals surface area contributed by atoms with Crippen LogP contribution < -0.4 is 15.2 Å². The van der Waals surface area contributed by atoms with E-state index < -0.39 is 0 Å². The van der Waals surface area contributed by atoms with Gasteiger partial charge in [0.05, 0.1) is 7.11 Å². The van der Waals surface area contributed by atoms with Gasteiger partial charge in [0.15, 0.2) is 5.75 Å². The standard InChI is InChI=1S/C17H16IN3O3/c1-11-6-4-9-14(24-13-8-5-7-12(18)10-13)15(11)21-16(23-3)19-20(2)17(21)22/h4-10H,1-3H3. The molecule has 6 nitrogen and oxygen atoms in total. The molecule has 0 unspecified atom stereocenters. The maximum absolute atomic E-state index is 12.5. The predicted molar refractivity (Wildman–Crippen MR) is 99.3 cm³/mol. The molecule has 0 fully saturated rings. The van der Waals surface area contributed by atoms with E-state index in [0.29, 0.717) is 17.2 Å². The zero-order valence-electron chi connectivity index (χ0n) is 13.5. The Morgan fingerprint density at radius 1 is 1.17 bits per heavy atom. The minimum absolute atomic E-state index is 0.212. The molecule has 0 bridgehead atoms. The number of aryl methyl sites for hydroxylation is 2. The molecule has 0 atom stereocenters. The first-order valence-electron chi connectivity index (χ1n) is 7.24. The Morgan fingerprint density at radius 3 is 2.62 bits per heavy atom. The van der Waals surface area contributed by atoms with Crippen molar-refractivity contribution in [1.29, 1.82) is 0 Å². The summed E-state index contributed by atoms with van der Waals surface area (Å²) < 4.78 is 15.0. The molecule has 1 heterocycles. The molecule has 7 heteroatoms. The Labute approximate surface area is 152 Å². The average Bonchev–Trinajstić information content (AvgIpc) is 2.83. The summed E-state index contributed by atoms with van der Waals surface area (Å²) in [4.78, 5) is 12.5. The lowest BCUT2D eigenvalue weighted by Gasteiger charge is -2.14. The molecular formula is C17H16IN3O3. The molecule has 124 valence electrons. The van der Waals surface area contributed by atoms with Crippen molar-refractivity contribution < 1.29 is 9.47 Å². The van der Waals surface area contributed by atoms with Crippen molar-refractivity contribution in [1.82, 2.24) is 14.3 Å². The molecule has 0 radical (unpaired) electrons. The van der Waals surface area contributed by atoms with Crippen molar-refractivity contribution in [3.63, 3.8) is 0 Å². The second-order valence-electron chi connectivity index (χ2n) is 5.21. The fourth-order valence-corrected chi connectivity index (χ4v) is 2.94. The van der Waals surface area contributed by atoms with Gasteiger partial charge in [0.1, 0.15) is 11.4 Å². The van der Waals surface area contributed by atoms with Crippen molar-refractivity contribution >= 4 is 22.6 Å². The molecule has 3 rings (SSSR count). The van der Waals surface area contributed by atoms with E-state index in [4.69, 9.17) is 9.47 Å². The zero-order valence-corrected chi connectivity index (χ0v) is 15.6. The fraction of sp³-hybridized carbons (Fsp3) is 0.176. The summed E-state index contributed by atoms with van der Waals surface area (Å²) in [5.41, 5.74) is 1.20. The Balaban J connectivity index is 2.17. The number of methoxy groups -OCH3 is 1. The molecule has 0 spiro atoms. The van der Waals surface area contributed by atoms with Crippen LogP contribution in [0.4, 0.5) is 0 Å². The van der Waals surface area contributed by atoms with Gasteiger partial charge in [0.2, 0.25) is 0 Å². The number of ether oxygens (including phenoxy) is 2. The normalized spacial score (nSPS) is 10.7. The lowest BCUT2D eigenvalue weighted by Crippen LogP contribution is -2.22. The lowest BCUT2D eigenvalue weighted by molar-refractivity contribution is 0.367. The van der Waals surface area contributed by atoms with Crippen LogP contribution in [0.25, 0.3) is 5.69 Å². The highest BCUT2D eigenvalue weighted by Gasteiger charge is 2.19. The second-order valence-corrected chi connectivity index (χ2v) is 6.46. The van der Waals surface area contributed by atoms with Crippen LogP contribution in [-0.2, 0) is 7.05 Å². The summed E-state index contributed by atoms with van der Waals surface area (Å²) in [5, 5.41) is 4.10. The summed E-state index contributed by atoms with van der Waals surface area (Å²) in [6.07, 6.45) is 0. The molecule has 24 heavy (non-hydrogen) atoms. The molecule has 0 aliphatic rings. The van der Waals surface area contributed by atoms with Crippen LogP contribution >= 0.6 is 22.6 Å². The van der Waals surface area contributed by atoms with E-state index in [1.807, 2.05) is 49.4 Å². The van der Waals surface area contributed by atoms with Crippen molar-refractivity contribution in [2.24, 2.45) is 7.05 Å². The minimum atomic E-state index is -0.298. The van der Waals surface area contributed by atoms with Gasteiger partial charge in [-0.2, -0.15) is 0 Å². The van der Waals surface area contributed by atoms with Crippen LogP contribution in [0.5, 0.6) is 17.5 Å². The SMILES string of the molecule is COc1nn(C)c(=O)n1-c1c(C)cccc1Oc1cccc(I)c1. The second kappa shape index (κ2) is 6.68. The van der Waals surface area contributed by atoms with Crippen LogP contribution in [0.3, 0.4) is 0 Å². The van der Waals surface area contributed by atoms with E-state index in [0.717, 1.165) is 9.13 Å². The highest BCUT2D eigenvalue weighted by Crippen LogP contribution is 2.32. The fourth-order valence-electron chi connectivity index (χ4n) is 2.42. The maximum Gasteiger partial charge on any atom is 0.353 e. The third-order valence-corrected chi connectivity index (χ3v) is 4.20. The summed E-state index contributed by atoms with van der Waals surface area (Å²) in [6.45, 7) is 1.91. The van der Waals surface area contributed by atoms with Crippen LogP contribution in [0.15, 0.2) is 47.3 Å². The molecule has 0 amide bonds. The van der Waals surface area contributed by atoms with Crippen LogP contribution in [0, 0.1) is 10.5 Å². The molecule has 1 aromatic heterocycles. The van der Waals surface area contributed by atoms with Gasteiger partial charge < -0.3 is 9.47 Å². The van der Waals surface area contributed by atoms with E-state index in [9.17, 15) is 4.79 Å². The van der Waals surface area contributed by atoms with Gasteiger partial charge in [-0.1, -0.05) is 18.2 Å². The summed E-state index contributed by atoms with van der Waals surface area (Å²) in [6, 6.07) is 13.5. The topological polar surface area (TPSA) is 58.3 Å². The van der Waals surface area contributed by atoms with Gasteiger partial charge in [0, 0.05) is 10.6 Å². The number of rotatable bonds is 4. The Bertz CT molecular complexity index is 946. The van der Waals surface area contributed by atoms with Crippen LogP contribution in [0.1, 0.15) is 5.56 Å². The number of nitrogens with zero attached hydrogens (tertiary/aromatic N) is 3. The summed E-state index contributed by atoms with van der Waals surface area (Å²) >= 11 is 2.23. The first kappa shape index (κ1) is 16.6. The number of para-hydroxylation sites is 1. The van der Waals surface area contributed by atoms with Gasteiger partial charge in [-0.3, -0.25) is 0 Å². The Kier molecular flexibility index (Phi) is 4.61. The molecule has 3 aromatic rings. The monoisotopic (exact) mass is 437 g/mol. The highest BCUT2D eigenvalue weighted by atomic mass is 127. The van der Waals surface area contributed by atoms with E-state index in [1.165, 1.54) is 16.4 Å². The summed E-state index contributed by atoms with van der Waals surface area (Å²) in [5.74, 6) is 1.26. The van der Waals surface area contributed by atoms with Gasteiger partial charge in [-0.05, 0) is 59.3 Å².